The van der Waals surface area contributed by atoms with Crippen molar-refractivity contribution in [1.82, 2.24) is 14.5 Å². The van der Waals surface area contributed by atoms with Crippen LogP contribution in [-0.2, 0) is 27.2 Å². The predicted octanol–water partition coefficient (Wildman–Crippen LogP) is -0.869. The predicted molar refractivity (Wildman–Crippen MR) is 153 cm³/mol. The van der Waals surface area contributed by atoms with Crippen LogP contribution in [0.25, 0.3) is 33.3 Å². The van der Waals surface area contributed by atoms with Crippen molar-refractivity contribution in [2.24, 2.45) is 0 Å². The van der Waals surface area contributed by atoms with Gasteiger partial charge in [0.15, 0.2) is 12.1 Å². The number of aryl methyl sites for hydroxylation is 1. The molecule has 2 aromatic heterocycles. The smallest absolute Gasteiger partial charge is 0.261 e. The standard InChI is InChI=1S/C30H33N3O11/c1-12-21(34)23(36)25(38)29(42-12)41-11-19-22(35)24(37)26(39)30(44-19)43-13-6-7-14-15-8-9-33-27(20(15)31-18(14)10-13)32-17-5-3-2-4-16(17)28(33)40/h2-7,10,12,19,21-26,29-31,34-39H,8-9,11H2,1H3. The highest BCUT2D eigenvalue weighted by atomic mass is 16.7. The molecule has 0 bridgehead atoms. The Hall–Kier alpha value is -3.44. The number of aliphatic hydroxyl groups excluding tert-OH is 6. The van der Waals surface area contributed by atoms with Crippen molar-refractivity contribution < 1.29 is 49.6 Å². The van der Waals surface area contributed by atoms with E-state index in [0.29, 0.717) is 41.0 Å². The number of benzene rings is 2. The van der Waals surface area contributed by atoms with E-state index in [9.17, 15) is 35.4 Å². The number of H-pyrrole nitrogens is 1. The van der Waals surface area contributed by atoms with Crippen molar-refractivity contribution >= 4 is 21.8 Å². The van der Waals surface area contributed by atoms with Crippen LogP contribution >= 0.6 is 0 Å². The molecule has 2 fully saturated rings. The third-order valence-corrected chi connectivity index (χ3v) is 8.70. The zero-order chi connectivity index (χ0) is 30.9. The molecule has 14 nitrogen and oxygen atoms in total. The third-order valence-electron chi connectivity index (χ3n) is 8.70. The quantitative estimate of drug-likeness (QED) is 0.147. The number of aromatic nitrogens is 3. The van der Waals surface area contributed by atoms with Gasteiger partial charge in [-0.2, -0.15) is 0 Å². The van der Waals surface area contributed by atoms with Gasteiger partial charge in [0.2, 0.25) is 6.29 Å². The van der Waals surface area contributed by atoms with Gasteiger partial charge in [0.1, 0.15) is 48.5 Å². The number of aromatic amines is 1. The minimum absolute atomic E-state index is 0.102. The number of aliphatic hydroxyl groups is 6. The molecular weight excluding hydrogens is 578 g/mol. The average Bonchev–Trinajstić information content (AvgIpc) is 3.40. The fraction of sp³-hybridized carbons (Fsp3) is 0.467. The van der Waals surface area contributed by atoms with Crippen molar-refractivity contribution in [1.29, 1.82) is 0 Å². The number of para-hydroxylation sites is 1. The lowest BCUT2D eigenvalue weighted by molar-refractivity contribution is -0.318. The second-order valence-electron chi connectivity index (χ2n) is 11.5. The molecule has 234 valence electrons. The van der Waals surface area contributed by atoms with E-state index in [1.807, 2.05) is 18.2 Å². The number of rotatable bonds is 5. The fourth-order valence-electron chi connectivity index (χ4n) is 6.17. The van der Waals surface area contributed by atoms with E-state index in [1.54, 1.807) is 28.8 Å². The molecule has 0 spiro atoms. The van der Waals surface area contributed by atoms with E-state index in [2.05, 4.69) is 4.98 Å². The molecule has 5 heterocycles. The minimum atomic E-state index is -1.65. The van der Waals surface area contributed by atoms with Crippen molar-refractivity contribution in [3.05, 3.63) is 58.4 Å². The van der Waals surface area contributed by atoms with Crippen LogP contribution in [0.3, 0.4) is 0 Å². The number of fused-ring (bicyclic) bond motifs is 6. The van der Waals surface area contributed by atoms with Crippen molar-refractivity contribution in [2.75, 3.05) is 6.61 Å². The Morgan fingerprint density at radius 3 is 2.48 bits per heavy atom. The molecule has 0 saturated carbocycles. The van der Waals surface area contributed by atoms with E-state index in [1.165, 1.54) is 6.92 Å². The minimum Gasteiger partial charge on any atom is -0.462 e. The molecular formula is C30H33N3O11. The zero-order valence-corrected chi connectivity index (χ0v) is 23.6. The summed E-state index contributed by atoms with van der Waals surface area (Å²) in [4.78, 5) is 21.3. The van der Waals surface area contributed by atoms with Gasteiger partial charge < -0.3 is 54.6 Å². The highest BCUT2D eigenvalue weighted by molar-refractivity contribution is 5.92. The van der Waals surface area contributed by atoms with E-state index in [0.717, 1.165) is 16.6 Å². The molecule has 14 heteroatoms. The summed E-state index contributed by atoms with van der Waals surface area (Å²) < 4.78 is 24.3. The Kier molecular flexibility index (Phi) is 7.43. The molecule has 0 radical (unpaired) electrons. The van der Waals surface area contributed by atoms with Crippen LogP contribution in [0.5, 0.6) is 5.75 Å². The summed E-state index contributed by atoms with van der Waals surface area (Å²) in [6.45, 7) is 1.59. The highest BCUT2D eigenvalue weighted by Crippen LogP contribution is 2.36. The maximum Gasteiger partial charge on any atom is 0.261 e. The first-order chi connectivity index (χ1) is 21.1. The lowest BCUT2D eigenvalue weighted by Crippen LogP contribution is -2.61. The molecule has 10 atom stereocenters. The molecule has 3 aliphatic rings. The van der Waals surface area contributed by atoms with Crippen molar-refractivity contribution in [2.45, 2.75) is 81.3 Å². The van der Waals surface area contributed by atoms with Crippen LogP contribution in [-0.4, -0.2) is 113 Å². The van der Waals surface area contributed by atoms with Crippen LogP contribution in [0.4, 0.5) is 0 Å². The summed E-state index contributed by atoms with van der Waals surface area (Å²) in [5.41, 5.74) is 2.95. The lowest BCUT2D eigenvalue weighted by Gasteiger charge is -2.42. The number of nitrogens with zero attached hydrogens (tertiary/aromatic N) is 2. The topological polar surface area (TPSA) is 209 Å². The first-order valence-electron chi connectivity index (χ1n) is 14.4. The SMILES string of the molecule is CC1OC(OCC2OC(Oc3ccc4c5c([nH]c4c3)-c3nc4ccccc4c(=O)n3CC5)C(O)C(O)C2O)C(O)C(O)C1O. The Morgan fingerprint density at radius 1 is 0.909 bits per heavy atom. The summed E-state index contributed by atoms with van der Waals surface area (Å²) in [5, 5.41) is 63.3. The number of nitrogens with one attached hydrogen (secondary N) is 1. The zero-order valence-electron chi connectivity index (χ0n) is 23.6. The molecule has 7 rings (SSSR count). The van der Waals surface area contributed by atoms with Gasteiger partial charge in [-0.05, 0) is 43.2 Å². The van der Waals surface area contributed by atoms with Crippen LogP contribution in [0.1, 0.15) is 12.5 Å². The largest absolute Gasteiger partial charge is 0.462 e. The van der Waals surface area contributed by atoms with Gasteiger partial charge in [-0.1, -0.05) is 12.1 Å². The van der Waals surface area contributed by atoms with Crippen molar-refractivity contribution in [3.8, 4) is 17.3 Å². The molecule has 4 aromatic rings. The average molecular weight is 612 g/mol. The van der Waals surface area contributed by atoms with E-state index in [4.69, 9.17) is 23.9 Å². The first-order valence-corrected chi connectivity index (χ1v) is 14.4. The Bertz CT molecular complexity index is 1760. The Labute approximate surface area is 249 Å². The van der Waals surface area contributed by atoms with Gasteiger partial charge >= 0.3 is 0 Å². The number of hydrogen-bond acceptors (Lipinski definition) is 12. The third kappa shape index (κ3) is 4.79. The second-order valence-corrected chi connectivity index (χ2v) is 11.5. The molecule has 0 amide bonds. The Morgan fingerprint density at radius 2 is 1.66 bits per heavy atom. The number of hydrogen-bond donors (Lipinski definition) is 7. The molecule has 0 aliphatic carbocycles. The Balaban J connectivity index is 1.11. The molecule has 10 unspecified atom stereocenters. The lowest BCUT2D eigenvalue weighted by atomic mass is 9.98. The van der Waals surface area contributed by atoms with Gasteiger partial charge in [0.05, 0.1) is 29.3 Å². The number of ether oxygens (including phenoxy) is 4. The monoisotopic (exact) mass is 611 g/mol. The van der Waals surface area contributed by atoms with Crippen LogP contribution in [0, 0.1) is 0 Å². The van der Waals surface area contributed by atoms with E-state index in [-0.39, 0.29) is 5.56 Å². The highest BCUT2D eigenvalue weighted by Gasteiger charge is 2.47. The van der Waals surface area contributed by atoms with E-state index >= 15 is 0 Å². The molecule has 44 heavy (non-hydrogen) atoms. The fourth-order valence-corrected chi connectivity index (χ4v) is 6.17. The summed E-state index contributed by atoms with van der Waals surface area (Å²) in [5.74, 6) is 0.840. The summed E-state index contributed by atoms with van der Waals surface area (Å²) in [6.07, 6.45) is -13.4. The van der Waals surface area contributed by atoms with Gasteiger partial charge in [-0.25, -0.2) is 4.98 Å². The maximum absolute atomic E-state index is 13.1. The van der Waals surface area contributed by atoms with E-state index < -0.39 is 68.0 Å². The van der Waals surface area contributed by atoms with Gasteiger partial charge in [0, 0.05) is 23.5 Å². The van der Waals surface area contributed by atoms with Crippen LogP contribution in [0.2, 0.25) is 0 Å². The van der Waals surface area contributed by atoms with Crippen LogP contribution < -0.4 is 10.3 Å². The summed E-state index contributed by atoms with van der Waals surface area (Å²) >= 11 is 0. The van der Waals surface area contributed by atoms with Gasteiger partial charge in [-0.3, -0.25) is 9.36 Å². The first kappa shape index (κ1) is 29.3. The molecule has 2 aromatic carbocycles. The second kappa shape index (κ2) is 11.2. The molecule has 3 aliphatic heterocycles. The van der Waals surface area contributed by atoms with Crippen molar-refractivity contribution in [3.63, 3.8) is 0 Å². The summed E-state index contributed by atoms with van der Waals surface area (Å²) in [7, 11) is 0. The van der Waals surface area contributed by atoms with Crippen LogP contribution in [0.15, 0.2) is 47.3 Å². The van der Waals surface area contributed by atoms with Gasteiger partial charge in [-0.15, -0.1) is 0 Å². The van der Waals surface area contributed by atoms with Gasteiger partial charge in [0.25, 0.3) is 5.56 Å². The molecule has 7 N–H and O–H groups in total. The maximum atomic E-state index is 13.1. The molecule has 2 saturated heterocycles. The normalized spacial score (nSPS) is 33.7. The summed E-state index contributed by atoms with van der Waals surface area (Å²) in [6, 6.07) is 12.5.